The highest BCUT2D eigenvalue weighted by Gasteiger charge is 2.37. The van der Waals surface area contributed by atoms with Gasteiger partial charge in [-0.1, -0.05) is 182 Å². The molecule has 0 spiro atoms. The average molecular weight is 811 g/mol. The van der Waals surface area contributed by atoms with Crippen LogP contribution < -0.4 is 21.3 Å². The minimum Gasteiger partial charge on any atom is -0.325 e. The summed E-state index contributed by atoms with van der Waals surface area (Å²) in [5.74, 6) is -0.366. The van der Waals surface area contributed by atoms with Crippen LogP contribution in [-0.4, -0.2) is 24.9 Å². The van der Waals surface area contributed by atoms with Crippen molar-refractivity contribution in [2.24, 2.45) is 10.2 Å². The van der Waals surface area contributed by atoms with E-state index in [9.17, 15) is 9.59 Å². The lowest BCUT2D eigenvalue weighted by atomic mass is 9.77. The van der Waals surface area contributed by atoms with Crippen LogP contribution in [0.3, 0.4) is 0 Å². The average Bonchev–Trinajstić information content (AvgIpc) is 3.34. The fourth-order valence-corrected chi connectivity index (χ4v) is 7.92. The highest BCUT2D eigenvalue weighted by atomic mass is 16.2. The van der Waals surface area contributed by atoms with Crippen LogP contribution in [0.5, 0.6) is 0 Å². The minimum absolute atomic E-state index is 0.0585. The van der Waals surface area contributed by atoms with Crippen molar-refractivity contribution < 1.29 is 9.59 Å². The molecule has 0 aliphatic carbocycles. The molecule has 0 saturated heterocycles. The number of azo groups is 1. The summed E-state index contributed by atoms with van der Waals surface area (Å²) in [4.78, 5) is 26.9. The van der Waals surface area contributed by atoms with Gasteiger partial charge in [-0.05, 0) is 81.9 Å². The molecule has 0 aromatic heterocycles. The lowest BCUT2D eigenvalue weighted by Gasteiger charge is -2.37. The topological polar surface area (TPSA) is 107 Å². The third kappa shape index (κ3) is 9.32. The molecule has 8 rings (SSSR count). The Labute approximate surface area is 362 Å². The molecule has 0 saturated carbocycles. The van der Waals surface area contributed by atoms with E-state index in [2.05, 4.69) is 104 Å². The molecule has 0 bridgehead atoms. The molecule has 2 amide bonds. The van der Waals surface area contributed by atoms with Crippen LogP contribution in [0.25, 0.3) is 0 Å². The van der Waals surface area contributed by atoms with Gasteiger partial charge in [0.25, 0.3) is 0 Å². The Morgan fingerprint density at radius 2 is 0.548 bits per heavy atom. The van der Waals surface area contributed by atoms with Gasteiger partial charge >= 0.3 is 0 Å². The quantitative estimate of drug-likeness (QED) is 0.0576. The predicted octanol–water partition coefficient (Wildman–Crippen LogP) is 11.1. The van der Waals surface area contributed by atoms with Gasteiger partial charge in [-0.3, -0.25) is 20.2 Å². The molecule has 0 atom stereocenters. The number of rotatable bonds is 16. The summed E-state index contributed by atoms with van der Waals surface area (Å²) < 4.78 is 0. The number of amides is 2. The van der Waals surface area contributed by atoms with E-state index in [-0.39, 0.29) is 24.9 Å². The summed E-state index contributed by atoms with van der Waals surface area (Å²) in [6.07, 6.45) is 0. The van der Waals surface area contributed by atoms with Crippen molar-refractivity contribution in [1.29, 1.82) is 0 Å². The summed E-state index contributed by atoms with van der Waals surface area (Å²) in [7, 11) is 0. The Morgan fingerprint density at radius 1 is 0.323 bits per heavy atom. The van der Waals surface area contributed by atoms with E-state index in [0.29, 0.717) is 22.7 Å². The molecule has 304 valence electrons. The minimum atomic E-state index is -0.757. The smallest absolute Gasteiger partial charge is 0.238 e. The van der Waals surface area contributed by atoms with Crippen LogP contribution >= 0.6 is 0 Å². The predicted molar refractivity (Wildman–Crippen MR) is 249 cm³/mol. The van der Waals surface area contributed by atoms with Crippen molar-refractivity contribution in [3.63, 3.8) is 0 Å². The summed E-state index contributed by atoms with van der Waals surface area (Å²) in [5, 5.41) is 22.1. The number of benzene rings is 8. The maximum absolute atomic E-state index is 13.5. The third-order valence-electron chi connectivity index (χ3n) is 10.9. The Balaban J connectivity index is 0.890. The summed E-state index contributed by atoms with van der Waals surface area (Å²) in [5.41, 5.74) is 7.19. The van der Waals surface area contributed by atoms with E-state index in [1.54, 1.807) is 48.5 Å². The molecule has 8 nitrogen and oxygen atoms in total. The lowest BCUT2D eigenvalue weighted by Crippen LogP contribution is -2.47. The van der Waals surface area contributed by atoms with Crippen molar-refractivity contribution in [3.05, 3.63) is 264 Å². The molecule has 62 heavy (non-hydrogen) atoms. The van der Waals surface area contributed by atoms with E-state index in [0.717, 1.165) is 33.4 Å². The molecule has 0 fully saturated rings. The highest BCUT2D eigenvalue weighted by molar-refractivity contribution is 5.93. The number of hydrogen-bond donors (Lipinski definition) is 4. The first-order valence-corrected chi connectivity index (χ1v) is 20.6. The molecular formula is C54H46N6O2. The van der Waals surface area contributed by atoms with E-state index >= 15 is 0 Å². The van der Waals surface area contributed by atoms with Crippen molar-refractivity contribution in [3.8, 4) is 0 Å². The first-order valence-electron chi connectivity index (χ1n) is 20.6. The van der Waals surface area contributed by atoms with Crippen LogP contribution in [0, 0.1) is 0 Å². The zero-order valence-electron chi connectivity index (χ0n) is 34.1. The Kier molecular flexibility index (Phi) is 12.9. The van der Waals surface area contributed by atoms with Crippen LogP contribution in [0.1, 0.15) is 33.4 Å². The molecule has 8 aromatic carbocycles. The molecule has 0 aliphatic heterocycles. The fourth-order valence-electron chi connectivity index (χ4n) is 7.92. The molecule has 0 unspecified atom stereocenters. The van der Waals surface area contributed by atoms with Gasteiger partial charge < -0.3 is 10.6 Å². The lowest BCUT2D eigenvalue weighted by molar-refractivity contribution is -0.116. The molecule has 0 aliphatic rings. The van der Waals surface area contributed by atoms with Crippen molar-refractivity contribution in [2.75, 3.05) is 23.7 Å². The number of nitrogens with zero attached hydrogens (tertiary/aromatic N) is 2. The van der Waals surface area contributed by atoms with Gasteiger partial charge in [0.2, 0.25) is 11.8 Å². The van der Waals surface area contributed by atoms with Crippen LogP contribution in [0.15, 0.2) is 241 Å². The molecule has 0 radical (unpaired) electrons. The van der Waals surface area contributed by atoms with Crippen molar-refractivity contribution in [1.82, 2.24) is 10.6 Å². The molecule has 0 heterocycles. The van der Waals surface area contributed by atoms with E-state index in [1.807, 2.05) is 109 Å². The zero-order chi connectivity index (χ0) is 42.5. The van der Waals surface area contributed by atoms with Crippen molar-refractivity contribution in [2.45, 2.75) is 11.1 Å². The van der Waals surface area contributed by atoms with Gasteiger partial charge in [-0.2, -0.15) is 10.2 Å². The number of anilines is 2. The zero-order valence-corrected chi connectivity index (χ0v) is 34.1. The largest absolute Gasteiger partial charge is 0.325 e. The maximum Gasteiger partial charge on any atom is 0.238 e. The highest BCUT2D eigenvalue weighted by Crippen LogP contribution is 2.38. The molecule has 4 N–H and O–H groups in total. The van der Waals surface area contributed by atoms with Gasteiger partial charge in [0.1, 0.15) is 0 Å². The molecule has 8 heteroatoms. The van der Waals surface area contributed by atoms with Gasteiger partial charge in [-0.25, -0.2) is 0 Å². The standard InChI is InChI=1S/C54H46N6O2/c61-51(39-55-53(41-19-7-1-8-20-41,42-21-9-2-10-22-42)43-23-11-3-12-24-43)57-47-31-35-49(36-32-47)59-60-50-37-33-48(34-38-50)58-52(62)40-56-54(44-25-13-4-14-26-44,45-27-15-5-16-28-45)46-29-17-6-18-30-46/h1-38,55-56H,39-40H2,(H,57,61)(H,58,62). The Morgan fingerprint density at radius 3 is 0.774 bits per heavy atom. The number of hydrogen-bond acceptors (Lipinski definition) is 6. The van der Waals surface area contributed by atoms with E-state index in [1.165, 1.54) is 0 Å². The van der Waals surface area contributed by atoms with Gasteiger partial charge in [0.05, 0.1) is 35.5 Å². The second-order valence-electron chi connectivity index (χ2n) is 14.8. The van der Waals surface area contributed by atoms with Crippen LogP contribution in [-0.2, 0) is 20.7 Å². The van der Waals surface area contributed by atoms with E-state index < -0.39 is 11.1 Å². The number of carbonyl (C=O) groups excluding carboxylic acids is 2. The molecular weight excluding hydrogens is 765 g/mol. The van der Waals surface area contributed by atoms with Crippen LogP contribution in [0.2, 0.25) is 0 Å². The number of carbonyl (C=O) groups is 2. The van der Waals surface area contributed by atoms with E-state index in [4.69, 9.17) is 0 Å². The van der Waals surface area contributed by atoms with Gasteiger partial charge in [0, 0.05) is 11.4 Å². The first kappa shape index (κ1) is 41.0. The van der Waals surface area contributed by atoms with Crippen molar-refractivity contribution >= 4 is 34.6 Å². The second-order valence-corrected chi connectivity index (χ2v) is 14.8. The molecule has 8 aromatic rings. The summed E-state index contributed by atoms with van der Waals surface area (Å²) in [6.45, 7) is 0.117. The maximum atomic E-state index is 13.5. The SMILES string of the molecule is O=C(CNC(c1ccccc1)(c1ccccc1)c1ccccc1)Nc1ccc(N=Nc2ccc(NC(=O)CNC(c3ccccc3)(c3ccccc3)c3ccccc3)cc2)cc1. The second kappa shape index (κ2) is 19.5. The third-order valence-corrected chi connectivity index (χ3v) is 10.9. The first-order chi connectivity index (χ1) is 30.5. The normalized spacial score (nSPS) is 11.5. The van der Waals surface area contributed by atoms with Gasteiger partial charge in [-0.15, -0.1) is 0 Å². The number of nitrogens with one attached hydrogen (secondary N) is 4. The summed E-state index contributed by atoms with van der Waals surface area (Å²) in [6, 6.07) is 75.6. The van der Waals surface area contributed by atoms with Crippen LogP contribution in [0.4, 0.5) is 22.7 Å². The fraction of sp³-hybridized carbons (Fsp3) is 0.0741. The Hall–Kier alpha value is -7.78. The Bertz CT molecular complexity index is 2300. The monoisotopic (exact) mass is 810 g/mol. The summed E-state index contributed by atoms with van der Waals surface area (Å²) >= 11 is 0. The van der Waals surface area contributed by atoms with Gasteiger partial charge in [0.15, 0.2) is 0 Å².